The summed E-state index contributed by atoms with van der Waals surface area (Å²) in [6.07, 6.45) is 6.10. The van der Waals surface area contributed by atoms with Crippen molar-refractivity contribution >= 4 is 16.8 Å². The SMILES string of the molecule is CC(=O)c1ccc(OCOC/C=C/CN2CCC(c3noc4cc(F)ccc34)CC2)cc1. The number of likely N-dealkylation sites (tertiary alicyclic amines) is 1. The average molecular weight is 438 g/mol. The standard InChI is InChI=1S/C25H27FN2O4/c1-18(29)19-4-7-22(8-5-19)31-17-30-15-3-2-12-28-13-10-20(11-14-28)25-23-9-6-21(26)16-24(23)32-27-25/h2-9,16,20H,10-15,17H2,1H3/b3-2+. The lowest BCUT2D eigenvalue weighted by Crippen LogP contribution is -2.33. The van der Waals surface area contributed by atoms with Gasteiger partial charge in [0.15, 0.2) is 18.2 Å². The number of ketones is 1. The minimum Gasteiger partial charge on any atom is -0.468 e. The molecule has 4 rings (SSSR count). The van der Waals surface area contributed by atoms with E-state index in [1.165, 1.54) is 19.1 Å². The van der Waals surface area contributed by atoms with Crippen molar-refractivity contribution in [1.29, 1.82) is 0 Å². The van der Waals surface area contributed by atoms with Crippen LogP contribution in [0.15, 0.2) is 59.1 Å². The molecule has 6 nitrogen and oxygen atoms in total. The van der Waals surface area contributed by atoms with Gasteiger partial charge in [-0.05, 0) is 69.3 Å². The van der Waals surface area contributed by atoms with Gasteiger partial charge in [-0.2, -0.15) is 0 Å². The summed E-state index contributed by atoms with van der Waals surface area (Å²) in [5, 5.41) is 5.12. The third-order valence-electron chi connectivity index (χ3n) is 5.75. The van der Waals surface area contributed by atoms with Crippen molar-refractivity contribution in [2.75, 3.05) is 33.0 Å². The highest BCUT2D eigenvalue weighted by Gasteiger charge is 2.24. The molecule has 1 saturated heterocycles. The van der Waals surface area contributed by atoms with E-state index in [2.05, 4.69) is 16.1 Å². The number of Topliss-reactive ketones (excluding diaryl/α,β-unsaturated/α-hetero) is 1. The smallest absolute Gasteiger partial charge is 0.189 e. The number of fused-ring (bicyclic) bond motifs is 1. The number of benzene rings is 2. The van der Waals surface area contributed by atoms with Gasteiger partial charge in [0.25, 0.3) is 0 Å². The molecule has 2 aromatic carbocycles. The van der Waals surface area contributed by atoms with Gasteiger partial charge < -0.3 is 14.0 Å². The van der Waals surface area contributed by atoms with Crippen molar-refractivity contribution in [2.24, 2.45) is 0 Å². The fraction of sp³-hybridized carbons (Fsp3) is 0.360. The average Bonchev–Trinajstić information content (AvgIpc) is 3.22. The van der Waals surface area contributed by atoms with Crippen molar-refractivity contribution in [2.45, 2.75) is 25.7 Å². The van der Waals surface area contributed by atoms with Crippen LogP contribution in [0.1, 0.15) is 41.7 Å². The molecule has 1 aliphatic rings. The summed E-state index contributed by atoms with van der Waals surface area (Å²) in [7, 11) is 0. The number of ether oxygens (including phenoxy) is 2. The van der Waals surface area contributed by atoms with E-state index in [1.54, 1.807) is 30.3 Å². The molecular weight excluding hydrogens is 411 g/mol. The predicted molar refractivity (Wildman–Crippen MR) is 119 cm³/mol. The molecule has 0 spiro atoms. The molecule has 0 bridgehead atoms. The molecule has 1 fully saturated rings. The summed E-state index contributed by atoms with van der Waals surface area (Å²) in [6, 6.07) is 11.6. The van der Waals surface area contributed by atoms with Gasteiger partial charge >= 0.3 is 0 Å². The molecule has 1 aromatic heterocycles. The van der Waals surface area contributed by atoms with Crippen LogP contribution in [0.25, 0.3) is 11.0 Å². The molecule has 32 heavy (non-hydrogen) atoms. The highest BCUT2D eigenvalue weighted by Crippen LogP contribution is 2.32. The highest BCUT2D eigenvalue weighted by molar-refractivity contribution is 5.94. The van der Waals surface area contributed by atoms with Gasteiger partial charge in [-0.3, -0.25) is 9.69 Å². The number of piperidine rings is 1. The van der Waals surface area contributed by atoms with Crippen LogP contribution in [-0.2, 0) is 4.74 Å². The van der Waals surface area contributed by atoms with E-state index in [-0.39, 0.29) is 18.4 Å². The van der Waals surface area contributed by atoms with Crippen molar-refractivity contribution in [1.82, 2.24) is 10.1 Å². The zero-order valence-corrected chi connectivity index (χ0v) is 18.1. The van der Waals surface area contributed by atoms with E-state index in [4.69, 9.17) is 14.0 Å². The summed E-state index contributed by atoms with van der Waals surface area (Å²) in [5.41, 5.74) is 2.12. The molecule has 0 atom stereocenters. The molecule has 0 amide bonds. The third-order valence-corrected chi connectivity index (χ3v) is 5.75. The number of aromatic nitrogens is 1. The van der Waals surface area contributed by atoms with Crippen LogP contribution in [0.4, 0.5) is 4.39 Å². The number of nitrogens with zero attached hydrogens (tertiary/aromatic N) is 2. The quantitative estimate of drug-likeness (QED) is 0.204. The first kappa shape index (κ1) is 22.2. The van der Waals surface area contributed by atoms with Crippen molar-refractivity contribution in [3.8, 4) is 5.75 Å². The van der Waals surface area contributed by atoms with E-state index in [1.807, 2.05) is 6.08 Å². The predicted octanol–water partition coefficient (Wildman–Crippen LogP) is 4.96. The summed E-state index contributed by atoms with van der Waals surface area (Å²) in [5.74, 6) is 0.741. The summed E-state index contributed by atoms with van der Waals surface area (Å²) >= 11 is 0. The molecule has 168 valence electrons. The Hall–Kier alpha value is -3.03. The van der Waals surface area contributed by atoms with Crippen molar-refractivity contribution < 1.29 is 23.2 Å². The van der Waals surface area contributed by atoms with Crippen LogP contribution in [0, 0.1) is 5.82 Å². The molecule has 0 N–H and O–H groups in total. The van der Waals surface area contributed by atoms with Gasteiger partial charge in [-0.25, -0.2) is 4.39 Å². The third kappa shape index (κ3) is 5.60. The Balaban J connectivity index is 1.13. The van der Waals surface area contributed by atoms with Crippen molar-refractivity contribution in [3.63, 3.8) is 0 Å². The normalized spacial score (nSPS) is 15.6. The zero-order chi connectivity index (χ0) is 22.3. The lowest BCUT2D eigenvalue weighted by atomic mass is 9.91. The number of hydrogen-bond acceptors (Lipinski definition) is 6. The largest absolute Gasteiger partial charge is 0.468 e. The van der Waals surface area contributed by atoms with Crippen LogP contribution >= 0.6 is 0 Å². The maximum absolute atomic E-state index is 13.3. The van der Waals surface area contributed by atoms with Gasteiger partial charge in [0.1, 0.15) is 11.6 Å². The number of halogens is 1. The molecule has 1 aliphatic heterocycles. The Bertz CT molecular complexity index is 1070. The van der Waals surface area contributed by atoms with E-state index in [0.29, 0.717) is 29.4 Å². The first-order valence-corrected chi connectivity index (χ1v) is 10.8. The minimum absolute atomic E-state index is 0.0329. The van der Waals surface area contributed by atoms with Crippen molar-refractivity contribution in [3.05, 3.63) is 71.7 Å². The lowest BCUT2D eigenvalue weighted by molar-refractivity contribution is 0.0305. The number of hydrogen-bond donors (Lipinski definition) is 0. The fourth-order valence-corrected chi connectivity index (χ4v) is 3.92. The Labute approximate surface area is 186 Å². The second-order valence-corrected chi connectivity index (χ2v) is 7.97. The molecule has 0 saturated carbocycles. The lowest BCUT2D eigenvalue weighted by Gasteiger charge is -2.30. The molecule has 0 unspecified atom stereocenters. The van der Waals surface area contributed by atoms with E-state index in [9.17, 15) is 9.18 Å². The topological polar surface area (TPSA) is 64.8 Å². The fourth-order valence-electron chi connectivity index (χ4n) is 3.92. The second kappa shape index (κ2) is 10.5. The molecule has 2 heterocycles. The van der Waals surface area contributed by atoms with Gasteiger partial charge in [-0.1, -0.05) is 17.3 Å². The first-order chi connectivity index (χ1) is 15.6. The summed E-state index contributed by atoms with van der Waals surface area (Å²) in [6.45, 7) is 4.99. The van der Waals surface area contributed by atoms with Gasteiger partial charge in [0.2, 0.25) is 0 Å². The monoisotopic (exact) mass is 438 g/mol. The van der Waals surface area contributed by atoms with Gasteiger partial charge in [0, 0.05) is 29.5 Å². The van der Waals surface area contributed by atoms with E-state index < -0.39 is 0 Å². The maximum atomic E-state index is 13.3. The molecule has 0 aliphatic carbocycles. The molecular formula is C25H27FN2O4. The van der Waals surface area contributed by atoms with Crippen LogP contribution in [0.5, 0.6) is 5.75 Å². The number of carbonyl (C=O) groups excluding carboxylic acids is 1. The maximum Gasteiger partial charge on any atom is 0.189 e. The number of carbonyl (C=O) groups is 1. The summed E-state index contributed by atoms with van der Waals surface area (Å²) < 4.78 is 29.6. The Kier molecular flexibility index (Phi) is 7.29. The minimum atomic E-state index is -0.305. The highest BCUT2D eigenvalue weighted by atomic mass is 19.1. The molecule has 7 heteroatoms. The summed E-state index contributed by atoms with van der Waals surface area (Å²) in [4.78, 5) is 13.7. The van der Waals surface area contributed by atoms with Gasteiger partial charge in [-0.15, -0.1) is 0 Å². The molecule has 0 radical (unpaired) electrons. The van der Waals surface area contributed by atoms with E-state index in [0.717, 1.165) is 43.6 Å². The number of rotatable bonds is 9. The van der Waals surface area contributed by atoms with E-state index >= 15 is 0 Å². The van der Waals surface area contributed by atoms with Gasteiger partial charge in [0.05, 0.1) is 12.3 Å². The van der Waals surface area contributed by atoms with Crippen LogP contribution in [0.3, 0.4) is 0 Å². The Morgan fingerprint density at radius 3 is 2.72 bits per heavy atom. The van der Waals surface area contributed by atoms with Crippen LogP contribution in [-0.4, -0.2) is 48.9 Å². The van der Waals surface area contributed by atoms with Crippen LogP contribution in [0.2, 0.25) is 0 Å². The zero-order valence-electron chi connectivity index (χ0n) is 18.1. The Morgan fingerprint density at radius 1 is 1.19 bits per heavy atom. The first-order valence-electron chi connectivity index (χ1n) is 10.8. The Morgan fingerprint density at radius 2 is 1.97 bits per heavy atom. The van der Waals surface area contributed by atoms with Crippen LogP contribution < -0.4 is 4.74 Å². The molecule has 3 aromatic rings. The second-order valence-electron chi connectivity index (χ2n) is 7.97.